The van der Waals surface area contributed by atoms with E-state index in [1.165, 1.54) is 12.8 Å². The van der Waals surface area contributed by atoms with Gasteiger partial charge in [0.15, 0.2) is 0 Å². The summed E-state index contributed by atoms with van der Waals surface area (Å²) in [6.07, 6.45) is 2.37. The SMILES string of the molecule is CNCC1CCCN1CC(=O)NC(C)COC. The number of likely N-dealkylation sites (tertiary alicyclic amines) is 1. The molecule has 1 fully saturated rings. The van der Waals surface area contributed by atoms with Gasteiger partial charge in [-0.2, -0.15) is 0 Å². The van der Waals surface area contributed by atoms with Crippen molar-refractivity contribution in [1.29, 1.82) is 0 Å². The van der Waals surface area contributed by atoms with E-state index in [0.29, 0.717) is 19.2 Å². The third-order valence-electron chi connectivity index (χ3n) is 3.11. The van der Waals surface area contributed by atoms with E-state index in [4.69, 9.17) is 4.74 Å². The van der Waals surface area contributed by atoms with Gasteiger partial charge in [-0.3, -0.25) is 9.69 Å². The van der Waals surface area contributed by atoms with Gasteiger partial charge in [0.2, 0.25) is 5.91 Å². The highest BCUT2D eigenvalue weighted by Gasteiger charge is 2.25. The molecule has 5 nitrogen and oxygen atoms in total. The molecule has 2 atom stereocenters. The largest absolute Gasteiger partial charge is 0.383 e. The monoisotopic (exact) mass is 243 g/mol. The number of carbonyl (C=O) groups is 1. The molecule has 1 heterocycles. The molecule has 1 amide bonds. The van der Waals surface area contributed by atoms with Crippen molar-refractivity contribution in [2.24, 2.45) is 0 Å². The molecule has 0 saturated carbocycles. The summed E-state index contributed by atoms with van der Waals surface area (Å²) in [5, 5.41) is 6.12. The van der Waals surface area contributed by atoms with Crippen molar-refractivity contribution >= 4 is 5.91 Å². The van der Waals surface area contributed by atoms with Crippen molar-refractivity contribution in [3.05, 3.63) is 0 Å². The topological polar surface area (TPSA) is 53.6 Å². The molecular weight excluding hydrogens is 218 g/mol. The summed E-state index contributed by atoms with van der Waals surface area (Å²) in [6, 6.07) is 0.585. The number of likely N-dealkylation sites (N-methyl/N-ethyl adjacent to an activating group) is 1. The van der Waals surface area contributed by atoms with Crippen molar-refractivity contribution in [2.45, 2.75) is 31.8 Å². The number of nitrogens with one attached hydrogen (secondary N) is 2. The lowest BCUT2D eigenvalue weighted by Gasteiger charge is -2.24. The first-order valence-electron chi connectivity index (χ1n) is 6.34. The molecule has 0 spiro atoms. The fourth-order valence-corrected chi connectivity index (χ4v) is 2.37. The number of hydrogen-bond donors (Lipinski definition) is 2. The van der Waals surface area contributed by atoms with Gasteiger partial charge in [-0.1, -0.05) is 0 Å². The Morgan fingerprint density at radius 3 is 3.00 bits per heavy atom. The van der Waals surface area contributed by atoms with Crippen molar-refractivity contribution in [3.63, 3.8) is 0 Å². The maximum atomic E-state index is 11.8. The minimum Gasteiger partial charge on any atom is -0.383 e. The smallest absolute Gasteiger partial charge is 0.234 e. The number of hydrogen-bond acceptors (Lipinski definition) is 4. The van der Waals surface area contributed by atoms with Crippen LogP contribution in [0.15, 0.2) is 0 Å². The Balaban J connectivity index is 2.29. The maximum Gasteiger partial charge on any atom is 0.234 e. The van der Waals surface area contributed by atoms with Crippen LogP contribution in [-0.4, -0.2) is 63.3 Å². The molecule has 0 aliphatic carbocycles. The first-order valence-corrected chi connectivity index (χ1v) is 6.34. The number of amides is 1. The molecule has 0 aromatic carbocycles. The van der Waals surface area contributed by atoms with Crippen LogP contribution >= 0.6 is 0 Å². The molecule has 0 radical (unpaired) electrons. The lowest BCUT2D eigenvalue weighted by Crippen LogP contribution is -2.46. The number of methoxy groups -OCH3 is 1. The number of rotatable bonds is 7. The molecule has 17 heavy (non-hydrogen) atoms. The number of nitrogens with zero attached hydrogens (tertiary/aromatic N) is 1. The molecule has 0 aromatic heterocycles. The Kier molecular flexibility index (Phi) is 6.47. The zero-order chi connectivity index (χ0) is 12.7. The highest BCUT2D eigenvalue weighted by Crippen LogP contribution is 2.15. The van der Waals surface area contributed by atoms with Crippen LogP contribution in [0.25, 0.3) is 0 Å². The van der Waals surface area contributed by atoms with Gasteiger partial charge in [-0.25, -0.2) is 0 Å². The van der Waals surface area contributed by atoms with E-state index >= 15 is 0 Å². The summed E-state index contributed by atoms with van der Waals surface area (Å²) in [6.45, 7) is 5.00. The van der Waals surface area contributed by atoms with Crippen molar-refractivity contribution < 1.29 is 9.53 Å². The Bertz CT molecular complexity index is 236. The standard InChI is InChI=1S/C12H25N3O2/c1-10(9-17-3)14-12(16)8-15-6-4-5-11(15)7-13-2/h10-11,13H,4-9H2,1-3H3,(H,14,16). The summed E-state index contributed by atoms with van der Waals surface area (Å²) in [7, 11) is 3.60. The third kappa shape index (κ3) is 5.02. The van der Waals surface area contributed by atoms with Gasteiger partial charge in [0, 0.05) is 25.7 Å². The third-order valence-corrected chi connectivity index (χ3v) is 3.11. The van der Waals surface area contributed by atoms with Crippen LogP contribution in [0, 0.1) is 0 Å². The van der Waals surface area contributed by atoms with E-state index in [0.717, 1.165) is 13.1 Å². The highest BCUT2D eigenvalue weighted by atomic mass is 16.5. The molecule has 2 unspecified atom stereocenters. The lowest BCUT2D eigenvalue weighted by atomic mass is 10.2. The summed E-state index contributed by atoms with van der Waals surface area (Å²) in [4.78, 5) is 14.1. The van der Waals surface area contributed by atoms with Crippen LogP contribution in [0.2, 0.25) is 0 Å². The van der Waals surface area contributed by atoms with Gasteiger partial charge in [0.1, 0.15) is 0 Å². The van der Waals surface area contributed by atoms with Crippen LogP contribution in [0.1, 0.15) is 19.8 Å². The molecule has 100 valence electrons. The van der Waals surface area contributed by atoms with E-state index in [1.807, 2.05) is 14.0 Å². The van der Waals surface area contributed by atoms with E-state index < -0.39 is 0 Å². The Morgan fingerprint density at radius 2 is 2.35 bits per heavy atom. The maximum absolute atomic E-state index is 11.8. The van der Waals surface area contributed by atoms with Gasteiger partial charge in [0.05, 0.1) is 13.2 Å². The van der Waals surface area contributed by atoms with Gasteiger partial charge in [-0.15, -0.1) is 0 Å². The Morgan fingerprint density at radius 1 is 1.59 bits per heavy atom. The molecule has 0 bridgehead atoms. The first-order chi connectivity index (χ1) is 8.17. The fourth-order valence-electron chi connectivity index (χ4n) is 2.37. The van der Waals surface area contributed by atoms with Gasteiger partial charge >= 0.3 is 0 Å². The minimum absolute atomic E-state index is 0.0813. The predicted octanol–water partition coefficient (Wildman–Crippen LogP) is -0.179. The fraction of sp³-hybridized carbons (Fsp3) is 0.917. The highest BCUT2D eigenvalue weighted by molar-refractivity contribution is 5.78. The number of carbonyl (C=O) groups excluding carboxylic acids is 1. The molecule has 5 heteroatoms. The zero-order valence-electron chi connectivity index (χ0n) is 11.2. The van der Waals surface area contributed by atoms with Crippen LogP contribution in [0.3, 0.4) is 0 Å². The Labute approximate surface area is 104 Å². The normalized spacial score (nSPS) is 22.6. The second-order valence-corrected chi connectivity index (χ2v) is 4.75. The predicted molar refractivity (Wildman–Crippen MR) is 68.0 cm³/mol. The van der Waals surface area contributed by atoms with Crippen molar-refractivity contribution in [3.8, 4) is 0 Å². The van der Waals surface area contributed by atoms with Crippen LogP contribution in [0.5, 0.6) is 0 Å². The molecule has 1 aliphatic rings. The quantitative estimate of drug-likeness (QED) is 0.651. The van der Waals surface area contributed by atoms with Crippen LogP contribution < -0.4 is 10.6 Å². The average molecular weight is 243 g/mol. The van der Waals surface area contributed by atoms with E-state index in [-0.39, 0.29) is 11.9 Å². The molecule has 0 aromatic rings. The van der Waals surface area contributed by atoms with E-state index in [2.05, 4.69) is 15.5 Å². The van der Waals surface area contributed by atoms with Crippen LogP contribution in [-0.2, 0) is 9.53 Å². The second kappa shape index (κ2) is 7.63. The minimum atomic E-state index is 0.0813. The lowest BCUT2D eigenvalue weighted by molar-refractivity contribution is -0.123. The summed E-state index contributed by atoms with van der Waals surface area (Å²) in [5.74, 6) is 0.0950. The molecule has 1 saturated heterocycles. The average Bonchev–Trinajstić information content (AvgIpc) is 2.66. The van der Waals surface area contributed by atoms with Gasteiger partial charge < -0.3 is 15.4 Å². The van der Waals surface area contributed by atoms with Gasteiger partial charge in [0.25, 0.3) is 0 Å². The number of ether oxygens (including phenoxy) is 1. The Hall–Kier alpha value is -0.650. The van der Waals surface area contributed by atoms with Crippen LogP contribution in [0.4, 0.5) is 0 Å². The second-order valence-electron chi connectivity index (χ2n) is 4.75. The molecular formula is C12H25N3O2. The van der Waals surface area contributed by atoms with Crippen molar-refractivity contribution in [2.75, 3.05) is 40.4 Å². The molecule has 2 N–H and O–H groups in total. The van der Waals surface area contributed by atoms with E-state index in [1.54, 1.807) is 7.11 Å². The van der Waals surface area contributed by atoms with Gasteiger partial charge in [-0.05, 0) is 33.4 Å². The van der Waals surface area contributed by atoms with Crippen molar-refractivity contribution in [1.82, 2.24) is 15.5 Å². The summed E-state index contributed by atoms with van der Waals surface area (Å²) < 4.78 is 5.00. The summed E-state index contributed by atoms with van der Waals surface area (Å²) in [5.41, 5.74) is 0. The molecule has 1 aliphatic heterocycles. The molecule has 1 rings (SSSR count). The zero-order valence-corrected chi connectivity index (χ0v) is 11.2. The van der Waals surface area contributed by atoms with E-state index in [9.17, 15) is 4.79 Å². The first kappa shape index (κ1) is 14.4. The summed E-state index contributed by atoms with van der Waals surface area (Å²) >= 11 is 0.